The molecule has 2 saturated heterocycles. The third kappa shape index (κ3) is 4.02. The highest BCUT2D eigenvalue weighted by atomic mass is 35.5. The zero-order valence-electron chi connectivity index (χ0n) is 8.55. The molecule has 0 aromatic heterocycles. The predicted molar refractivity (Wildman–Crippen MR) is 61.5 cm³/mol. The summed E-state index contributed by atoms with van der Waals surface area (Å²) < 4.78 is 25.8. The van der Waals surface area contributed by atoms with Gasteiger partial charge in [-0.1, -0.05) is 0 Å². The van der Waals surface area contributed by atoms with Gasteiger partial charge in [-0.25, -0.2) is 8.78 Å². The van der Waals surface area contributed by atoms with Crippen LogP contribution in [0.25, 0.3) is 0 Å². The maximum Gasteiger partial charge on any atom is 0.261 e. The van der Waals surface area contributed by atoms with Crippen LogP contribution in [0.4, 0.5) is 8.78 Å². The molecule has 0 atom stereocenters. The van der Waals surface area contributed by atoms with E-state index >= 15 is 0 Å². The fourth-order valence-electron chi connectivity index (χ4n) is 2.25. The molecule has 0 unspecified atom stereocenters. The topological polar surface area (TPSA) is 15.3 Å². The lowest BCUT2D eigenvalue weighted by Gasteiger charge is -2.31. The van der Waals surface area contributed by atoms with Crippen LogP contribution in [0.15, 0.2) is 0 Å². The third-order valence-electron chi connectivity index (χ3n) is 3.02. The van der Waals surface area contributed by atoms with Crippen LogP contribution in [-0.4, -0.2) is 43.0 Å². The first-order chi connectivity index (χ1) is 6.17. The summed E-state index contributed by atoms with van der Waals surface area (Å²) in [6.45, 7) is 2.52. The van der Waals surface area contributed by atoms with Crippen molar-refractivity contribution >= 4 is 24.8 Å². The van der Waals surface area contributed by atoms with Gasteiger partial charge in [-0.2, -0.15) is 0 Å². The van der Waals surface area contributed by atoms with Crippen molar-refractivity contribution in [1.29, 1.82) is 0 Å². The molecule has 0 saturated carbocycles. The maximum atomic E-state index is 12.9. The van der Waals surface area contributed by atoms with Crippen molar-refractivity contribution in [2.75, 3.05) is 26.2 Å². The summed E-state index contributed by atoms with van der Waals surface area (Å²) in [6, 6.07) is 0.398. The average molecular weight is 263 g/mol. The van der Waals surface area contributed by atoms with Crippen molar-refractivity contribution in [3.63, 3.8) is 0 Å². The Hall–Kier alpha value is 0.360. The van der Waals surface area contributed by atoms with Crippen molar-refractivity contribution in [3.05, 3.63) is 0 Å². The molecule has 2 nitrogen and oxygen atoms in total. The Morgan fingerprint density at radius 1 is 1.13 bits per heavy atom. The summed E-state index contributed by atoms with van der Waals surface area (Å²) >= 11 is 0. The molecule has 15 heavy (non-hydrogen) atoms. The second-order valence-corrected chi connectivity index (χ2v) is 4.06. The van der Waals surface area contributed by atoms with Gasteiger partial charge in [-0.05, 0) is 25.9 Å². The molecule has 6 heteroatoms. The lowest BCUT2D eigenvalue weighted by Crippen LogP contribution is -2.42. The molecule has 92 valence electrons. The molecule has 2 rings (SSSR count). The number of piperidine rings is 1. The van der Waals surface area contributed by atoms with Gasteiger partial charge in [0.25, 0.3) is 5.92 Å². The summed E-state index contributed by atoms with van der Waals surface area (Å²) in [5.41, 5.74) is 0. The highest BCUT2D eigenvalue weighted by Crippen LogP contribution is 2.29. The average Bonchev–Trinajstić information content (AvgIpc) is 2.48. The van der Waals surface area contributed by atoms with Crippen LogP contribution in [0.1, 0.15) is 19.3 Å². The van der Waals surface area contributed by atoms with Crippen molar-refractivity contribution < 1.29 is 8.78 Å². The summed E-state index contributed by atoms with van der Waals surface area (Å²) in [5.74, 6) is -2.43. The highest BCUT2D eigenvalue weighted by Gasteiger charge is 2.40. The molecule has 0 aromatic carbocycles. The monoisotopic (exact) mass is 262 g/mol. The SMILES string of the molecule is Cl.Cl.FC1(F)CCN(C2CCNCC2)C1. The Morgan fingerprint density at radius 2 is 1.73 bits per heavy atom. The van der Waals surface area contributed by atoms with Gasteiger partial charge in [0.05, 0.1) is 6.54 Å². The van der Waals surface area contributed by atoms with E-state index in [-0.39, 0.29) is 37.8 Å². The van der Waals surface area contributed by atoms with Gasteiger partial charge < -0.3 is 5.32 Å². The predicted octanol–water partition coefficient (Wildman–Crippen LogP) is 1.92. The minimum Gasteiger partial charge on any atom is -0.317 e. The molecule has 2 aliphatic rings. The van der Waals surface area contributed by atoms with Crippen LogP contribution in [0.5, 0.6) is 0 Å². The van der Waals surface area contributed by atoms with Crippen molar-refractivity contribution in [3.8, 4) is 0 Å². The fraction of sp³-hybridized carbons (Fsp3) is 1.00. The number of halogens is 4. The number of hydrogen-bond donors (Lipinski definition) is 1. The molecule has 1 N–H and O–H groups in total. The Morgan fingerprint density at radius 3 is 2.20 bits per heavy atom. The maximum absolute atomic E-state index is 12.9. The minimum absolute atomic E-state index is 0. The van der Waals surface area contributed by atoms with E-state index in [1.54, 1.807) is 0 Å². The minimum atomic E-state index is -2.43. The smallest absolute Gasteiger partial charge is 0.261 e. The van der Waals surface area contributed by atoms with E-state index in [0.29, 0.717) is 12.6 Å². The number of hydrogen-bond acceptors (Lipinski definition) is 2. The zero-order chi connectivity index (χ0) is 9.31. The normalized spacial score (nSPS) is 26.8. The van der Waals surface area contributed by atoms with Gasteiger partial charge in [0.15, 0.2) is 0 Å². The lowest BCUT2D eigenvalue weighted by atomic mass is 10.1. The number of nitrogens with one attached hydrogen (secondary N) is 1. The van der Waals surface area contributed by atoms with Crippen LogP contribution in [-0.2, 0) is 0 Å². The van der Waals surface area contributed by atoms with Gasteiger partial charge in [-0.3, -0.25) is 4.90 Å². The molecule has 2 fully saturated rings. The van der Waals surface area contributed by atoms with E-state index in [0.717, 1.165) is 25.9 Å². The molecular weight excluding hydrogens is 245 g/mol. The highest BCUT2D eigenvalue weighted by molar-refractivity contribution is 5.85. The number of likely N-dealkylation sites (tertiary alicyclic amines) is 1. The number of nitrogens with zero attached hydrogens (tertiary/aromatic N) is 1. The number of rotatable bonds is 1. The molecule has 2 heterocycles. The van der Waals surface area contributed by atoms with Crippen LogP contribution in [0, 0.1) is 0 Å². The van der Waals surface area contributed by atoms with Crippen LogP contribution >= 0.6 is 24.8 Å². The van der Waals surface area contributed by atoms with E-state index in [4.69, 9.17) is 0 Å². The Bertz CT molecular complexity index is 187. The molecule has 0 aromatic rings. The van der Waals surface area contributed by atoms with E-state index in [9.17, 15) is 8.78 Å². The summed E-state index contributed by atoms with van der Waals surface area (Å²) in [4.78, 5) is 1.96. The molecule has 0 aliphatic carbocycles. The zero-order valence-corrected chi connectivity index (χ0v) is 10.2. The molecule has 0 amide bonds. The quantitative estimate of drug-likeness (QED) is 0.777. The van der Waals surface area contributed by atoms with E-state index in [1.165, 1.54) is 0 Å². The van der Waals surface area contributed by atoms with Crippen molar-refractivity contribution in [2.45, 2.75) is 31.2 Å². The molecule has 0 bridgehead atoms. The molecular formula is C9H18Cl2F2N2. The lowest BCUT2D eigenvalue weighted by molar-refractivity contribution is 0.00593. The third-order valence-corrected chi connectivity index (χ3v) is 3.02. The van der Waals surface area contributed by atoms with Gasteiger partial charge in [0.1, 0.15) is 0 Å². The van der Waals surface area contributed by atoms with E-state index in [1.807, 2.05) is 4.90 Å². The Kier molecular flexibility index (Phi) is 6.33. The first-order valence-electron chi connectivity index (χ1n) is 5.00. The molecule has 0 spiro atoms. The largest absolute Gasteiger partial charge is 0.317 e. The second kappa shape index (κ2) is 6.18. The Labute approximate surface area is 102 Å². The summed E-state index contributed by atoms with van der Waals surface area (Å²) in [7, 11) is 0. The second-order valence-electron chi connectivity index (χ2n) is 4.06. The van der Waals surface area contributed by atoms with E-state index < -0.39 is 5.92 Å². The van der Waals surface area contributed by atoms with Crippen molar-refractivity contribution in [1.82, 2.24) is 10.2 Å². The van der Waals surface area contributed by atoms with Gasteiger partial charge >= 0.3 is 0 Å². The molecule has 0 radical (unpaired) electrons. The van der Waals surface area contributed by atoms with Crippen molar-refractivity contribution in [2.24, 2.45) is 0 Å². The van der Waals surface area contributed by atoms with Crippen LogP contribution in [0.3, 0.4) is 0 Å². The van der Waals surface area contributed by atoms with Crippen LogP contribution in [0.2, 0.25) is 0 Å². The van der Waals surface area contributed by atoms with Gasteiger partial charge in [-0.15, -0.1) is 24.8 Å². The van der Waals surface area contributed by atoms with Crippen LogP contribution < -0.4 is 5.32 Å². The summed E-state index contributed by atoms with van der Waals surface area (Å²) in [5, 5.41) is 3.24. The van der Waals surface area contributed by atoms with Gasteiger partial charge in [0, 0.05) is 19.0 Å². The standard InChI is InChI=1S/C9H16F2N2.2ClH/c10-9(11)3-6-13(7-9)8-1-4-12-5-2-8;;/h8,12H,1-7H2;2*1H. The fourth-order valence-corrected chi connectivity index (χ4v) is 2.25. The van der Waals surface area contributed by atoms with Gasteiger partial charge in [0.2, 0.25) is 0 Å². The first-order valence-corrected chi connectivity index (χ1v) is 5.00. The summed E-state index contributed by atoms with van der Waals surface area (Å²) in [6.07, 6.45) is 2.10. The number of alkyl halides is 2. The Balaban J connectivity index is 0.000000980. The molecule has 2 aliphatic heterocycles. The first kappa shape index (κ1) is 15.4. The van der Waals surface area contributed by atoms with E-state index in [2.05, 4.69) is 5.32 Å².